The number of carbonyl (C=O) groups excluding carboxylic acids is 1. The van der Waals surface area contributed by atoms with Crippen LogP contribution in [-0.4, -0.2) is 31.9 Å². The number of carbonyl (C=O) groups is 1. The van der Waals surface area contributed by atoms with E-state index in [1.807, 2.05) is 44.2 Å². The van der Waals surface area contributed by atoms with Crippen molar-refractivity contribution in [2.45, 2.75) is 58.4 Å². The maximum absolute atomic E-state index is 12.8. The summed E-state index contributed by atoms with van der Waals surface area (Å²) < 4.78 is 1.80. The van der Waals surface area contributed by atoms with Gasteiger partial charge in [-0.2, -0.15) is 0 Å². The molecule has 28 heavy (non-hydrogen) atoms. The Hall–Kier alpha value is -2.54. The van der Waals surface area contributed by atoms with Crippen molar-refractivity contribution in [3.05, 3.63) is 46.6 Å². The Balaban J connectivity index is 1.56. The molecule has 1 saturated carbocycles. The van der Waals surface area contributed by atoms with Gasteiger partial charge in [0.05, 0.1) is 17.1 Å². The van der Waals surface area contributed by atoms with Crippen molar-refractivity contribution in [3.63, 3.8) is 0 Å². The number of nitrogens with one attached hydrogen (secondary N) is 1. The van der Waals surface area contributed by atoms with Crippen LogP contribution in [0.15, 0.2) is 30.3 Å². The van der Waals surface area contributed by atoms with Gasteiger partial charge in [0.2, 0.25) is 0 Å². The van der Waals surface area contributed by atoms with Crippen LogP contribution in [0.1, 0.15) is 59.6 Å². The molecular formula is C21H25N5OS. The highest BCUT2D eigenvalue weighted by atomic mass is 32.1. The van der Waals surface area contributed by atoms with Gasteiger partial charge < -0.3 is 5.32 Å². The predicted octanol–water partition coefficient (Wildman–Crippen LogP) is 4.46. The van der Waals surface area contributed by atoms with Crippen LogP contribution in [-0.2, 0) is 0 Å². The zero-order chi connectivity index (χ0) is 19.5. The van der Waals surface area contributed by atoms with Gasteiger partial charge in [-0.15, -0.1) is 16.4 Å². The van der Waals surface area contributed by atoms with Crippen molar-refractivity contribution in [2.24, 2.45) is 0 Å². The number of aromatic nitrogens is 4. The highest BCUT2D eigenvalue weighted by Crippen LogP contribution is 2.30. The van der Waals surface area contributed by atoms with Crippen molar-refractivity contribution >= 4 is 17.2 Å². The van der Waals surface area contributed by atoms with Gasteiger partial charge in [-0.1, -0.05) is 49.1 Å². The largest absolute Gasteiger partial charge is 0.349 e. The molecule has 1 fully saturated rings. The second-order valence-corrected chi connectivity index (χ2v) is 8.37. The first kappa shape index (κ1) is 18.8. The summed E-state index contributed by atoms with van der Waals surface area (Å²) in [4.78, 5) is 18.1. The maximum Gasteiger partial charge on any atom is 0.263 e. The Bertz CT molecular complexity index is 955. The molecule has 0 spiro atoms. The molecule has 1 N–H and O–H groups in total. The number of rotatable bonds is 4. The van der Waals surface area contributed by atoms with E-state index in [4.69, 9.17) is 0 Å². The third kappa shape index (κ3) is 3.85. The number of benzene rings is 1. The minimum absolute atomic E-state index is 0.0127. The van der Waals surface area contributed by atoms with E-state index < -0.39 is 0 Å². The molecule has 2 heterocycles. The Morgan fingerprint density at radius 3 is 2.54 bits per heavy atom. The fourth-order valence-corrected chi connectivity index (χ4v) is 4.73. The SMILES string of the molecule is Cc1nc(-c2nnn(-c3ccccc3)c2C)sc1C(=O)NC1CCCCCC1. The molecule has 1 aliphatic rings. The van der Waals surface area contributed by atoms with E-state index in [2.05, 4.69) is 20.6 Å². The van der Waals surface area contributed by atoms with Gasteiger partial charge in [-0.3, -0.25) is 4.79 Å². The molecule has 0 aliphatic heterocycles. The van der Waals surface area contributed by atoms with Crippen molar-refractivity contribution in [1.82, 2.24) is 25.3 Å². The smallest absolute Gasteiger partial charge is 0.263 e. The topological polar surface area (TPSA) is 72.7 Å². The van der Waals surface area contributed by atoms with Gasteiger partial charge in [-0.05, 0) is 38.8 Å². The number of para-hydroxylation sites is 1. The van der Waals surface area contributed by atoms with Crippen molar-refractivity contribution in [2.75, 3.05) is 0 Å². The summed E-state index contributed by atoms with van der Waals surface area (Å²) in [5.41, 5.74) is 3.35. The van der Waals surface area contributed by atoms with Crippen molar-refractivity contribution in [1.29, 1.82) is 0 Å². The molecule has 1 aliphatic carbocycles. The van der Waals surface area contributed by atoms with Crippen LogP contribution >= 0.6 is 11.3 Å². The number of amides is 1. The maximum atomic E-state index is 12.8. The minimum Gasteiger partial charge on any atom is -0.349 e. The first-order valence-corrected chi connectivity index (χ1v) is 10.7. The monoisotopic (exact) mass is 395 g/mol. The molecule has 0 saturated heterocycles. The van der Waals surface area contributed by atoms with E-state index in [-0.39, 0.29) is 11.9 Å². The Morgan fingerprint density at radius 1 is 1.11 bits per heavy atom. The molecule has 1 amide bonds. The van der Waals surface area contributed by atoms with E-state index in [1.54, 1.807) is 4.68 Å². The van der Waals surface area contributed by atoms with E-state index in [9.17, 15) is 4.79 Å². The quantitative estimate of drug-likeness (QED) is 0.662. The highest BCUT2D eigenvalue weighted by molar-refractivity contribution is 7.17. The molecule has 3 aromatic rings. The number of nitrogens with zero attached hydrogens (tertiary/aromatic N) is 4. The number of hydrogen-bond acceptors (Lipinski definition) is 5. The van der Waals surface area contributed by atoms with Gasteiger partial charge in [-0.25, -0.2) is 9.67 Å². The van der Waals surface area contributed by atoms with Crippen LogP contribution < -0.4 is 5.32 Å². The molecule has 2 aromatic heterocycles. The minimum atomic E-state index is -0.0127. The van der Waals surface area contributed by atoms with Gasteiger partial charge in [0.25, 0.3) is 5.91 Å². The Labute approximate surface area is 169 Å². The van der Waals surface area contributed by atoms with E-state index >= 15 is 0 Å². The predicted molar refractivity (Wildman–Crippen MR) is 111 cm³/mol. The summed E-state index contributed by atoms with van der Waals surface area (Å²) in [6, 6.07) is 10.2. The van der Waals surface area contributed by atoms with E-state index in [1.165, 1.54) is 37.0 Å². The molecule has 7 heteroatoms. The van der Waals surface area contributed by atoms with Crippen molar-refractivity contribution < 1.29 is 4.79 Å². The van der Waals surface area contributed by atoms with Crippen LogP contribution in [0.25, 0.3) is 16.4 Å². The lowest BCUT2D eigenvalue weighted by Gasteiger charge is -2.15. The zero-order valence-electron chi connectivity index (χ0n) is 16.3. The average Bonchev–Trinajstić information content (AvgIpc) is 3.16. The lowest BCUT2D eigenvalue weighted by Crippen LogP contribution is -2.34. The third-order valence-electron chi connectivity index (χ3n) is 5.29. The molecule has 6 nitrogen and oxygen atoms in total. The summed E-state index contributed by atoms with van der Waals surface area (Å²) in [6.07, 6.45) is 7.07. The average molecular weight is 396 g/mol. The lowest BCUT2D eigenvalue weighted by molar-refractivity contribution is 0.0936. The molecular weight excluding hydrogens is 370 g/mol. The van der Waals surface area contributed by atoms with Crippen LogP contribution in [0.2, 0.25) is 0 Å². The number of thiazole rings is 1. The van der Waals surface area contributed by atoms with Gasteiger partial charge in [0.1, 0.15) is 15.6 Å². The summed E-state index contributed by atoms with van der Waals surface area (Å²) in [5, 5.41) is 12.6. The summed E-state index contributed by atoms with van der Waals surface area (Å²) >= 11 is 1.40. The summed E-state index contributed by atoms with van der Waals surface area (Å²) in [6.45, 7) is 3.86. The summed E-state index contributed by atoms with van der Waals surface area (Å²) in [7, 11) is 0. The third-order valence-corrected chi connectivity index (χ3v) is 6.45. The first-order chi connectivity index (χ1) is 13.6. The summed E-state index contributed by atoms with van der Waals surface area (Å²) in [5.74, 6) is -0.0127. The van der Waals surface area contributed by atoms with Gasteiger partial charge in [0, 0.05) is 6.04 Å². The van der Waals surface area contributed by atoms with Crippen LogP contribution in [0, 0.1) is 13.8 Å². The second kappa shape index (κ2) is 8.22. The highest BCUT2D eigenvalue weighted by Gasteiger charge is 2.22. The van der Waals surface area contributed by atoms with E-state index in [0.717, 1.165) is 40.6 Å². The molecule has 4 rings (SSSR count). The molecule has 0 atom stereocenters. The van der Waals surface area contributed by atoms with Crippen LogP contribution in [0.5, 0.6) is 0 Å². The standard InChI is InChI=1S/C21H25N5OS/c1-14-19(20(27)23-16-10-6-3-4-7-11-16)28-21(22-14)18-15(2)26(25-24-18)17-12-8-5-9-13-17/h5,8-9,12-13,16H,3-4,6-7,10-11H2,1-2H3,(H,23,27). The van der Waals surface area contributed by atoms with Crippen LogP contribution in [0.4, 0.5) is 0 Å². The van der Waals surface area contributed by atoms with Crippen LogP contribution in [0.3, 0.4) is 0 Å². The molecule has 0 radical (unpaired) electrons. The fraction of sp³-hybridized carbons (Fsp3) is 0.429. The Morgan fingerprint density at radius 2 is 1.82 bits per heavy atom. The molecule has 0 bridgehead atoms. The van der Waals surface area contributed by atoms with Gasteiger partial charge in [0.15, 0.2) is 0 Å². The molecule has 1 aromatic carbocycles. The van der Waals surface area contributed by atoms with Gasteiger partial charge >= 0.3 is 0 Å². The Kier molecular flexibility index (Phi) is 5.52. The fourth-order valence-electron chi connectivity index (χ4n) is 3.72. The van der Waals surface area contributed by atoms with E-state index in [0.29, 0.717) is 4.88 Å². The second-order valence-electron chi connectivity index (χ2n) is 7.37. The zero-order valence-corrected chi connectivity index (χ0v) is 17.1. The normalized spacial score (nSPS) is 15.4. The number of aryl methyl sites for hydroxylation is 1. The number of hydrogen-bond donors (Lipinski definition) is 1. The first-order valence-electron chi connectivity index (χ1n) is 9.90. The molecule has 146 valence electrons. The van der Waals surface area contributed by atoms with Crippen molar-refractivity contribution in [3.8, 4) is 16.4 Å². The lowest BCUT2D eigenvalue weighted by atomic mass is 10.1. The molecule has 0 unspecified atom stereocenters.